The fraction of sp³-hybridized carbons (Fsp3) is 0.647. The quantitative estimate of drug-likeness (QED) is 0.502. The van der Waals surface area contributed by atoms with Crippen molar-refractivity contribution in [1.82, 2.24) is 0 Å². The van der Waals surface area contributed by atoms with Crippen LogP contribution in [0.15, 0.2) is 12.1 Å². The zero-order valence-corrected chi connectivity index (χ0v) is 13.8. The van der Waals surface area contributed by atoms with E-state index in [9.17, 15) is 0 Å². The molecule has 0 aliphatic carbocycles. The molecule has 0 aliphatic heterocycles. The molecule has 0 amide bonds. The van der Waals surface area contributed by atoms with E-state index in [1.807, 2.05) is 0 Å². The van der Waals surface area contributed by atoms with Crippen molar-refractivity contribution in [1.29, 1.82) is 0 Å². The highest BCUT2D eigenvalue weighted by atomic mass is 16.6. The molecule has 0 radical (unpaired) electrons. The van der Waals surface area contributed by atoms with Crippen molar-refractivity contribution in [3.63, 3.8) is 0 Å². The van der Waals surface area contributed by atoms with Crippen molar-refractivity contribution in [2.45, 2.75) is 60.3 Å². The van der Waals surface area contributed by atoms with Gasteiger partial charge < -0.3 is 9.31 Å². The molecule has 0 unspecified atom stereocenters. The number of unbranched alkanes of at least 4 members (excludes halogenated alkanes) is 2. The minimum Gasteiger partial charge on any atom is -0.407 e. The molecule has 0 spiro atoms. The van der Waals surface area contributed by atoms with Crippen molar-refractivity contribution >= 4 is 12.6 Å². The molecule has 0 saturated heterocycles. The number of aryl methyl sites for hydroxylation is 3. The van der Waals surface area contributed by atoms with Crippen LogP contribution in [-0.2, 0) is 9.31 Å². The number of rotatable bonds is 9. The monoisotopic (exact) mass is 276 g/mol. The Balaban J connectivity index is 2.84. The molecule has 0 bridgehead atoms. The van der Waals surface area contributed by atoms with Gasteiger partial charge >= 0.3 is 7.12 Å². The summed E-state index contributed by atoms with van der Waals surface area (Å²) in [7, 11) is -0.214. The van der Waals surface area contributed by atoms with Crippen LogP contribution in [0.2, 0.25) is 0 Å². The first kappa shape index (κ1) is 17.3. The first-order chi connectivity index (χ1) is 9.60. The molecule has 1 aromatic rings. The molecule has 20 heavy (non-hydrogen) atoms. The van der Waals surface area contributed by atoms with Crippen molar-refractivity contribution < 1.29 is 9.31 Å². The molecule has 0 heterocycles. The maximum absolute atomic E-state index is 5.99. The van der Waals surface area contributed by atoms with Gasteiger partial charge in [-0.05, 0) is 39.1 Å². The van der Waals surface area contributed by atoms with Gasteiger partial charge in [0.15, 0.2) is 0 Å². The predicted molar refractivity (Wildman–Crippen MR) is 87.8 cm³/mol. The third-order valence-corrected chi connectivity index (χ3v) is 3.51. The molecule has 1 rings (SSSR count). The number of benzene rings is 1. The van der Waals surface area contributed by atoms with Crippen LogP contribution in [0, 0.1) is 20.8 Å². The largest absolute Gasteiger partial charge is 0.494 e. The summed E-state index contributed by atoms with van der Waals surface area (Å²) in [6.07, 6.45) is 4.45. The highest BCUT2D eigenvalue weighted by Crippen LogP contribution is 2.09. The van der Waals surface area contributed by atoms with Crippen molar-refractivity contribution in [2.75, 3.05) is 13.2 Å². The molecule has 0 aliphatic rings. The van der Waals surface area contributed by atoms with Gasteiger partial charge in [-0.15, -0.1) is 0 Å². The molecule has 112 valence electrons. The second-order valence-electron chi connectivity index (χ2n) is 5.59. The zero-order chi connectivity index (χ0) is 15.0. The lowest BCUT2D eigenvalue weighted by Gasteiger charge is -2.19. The first-order valence-electron chi connectivity index (χ1n) is 7.91. The van der Waals surface area contributed by atoms with Crippen LogP contribution in [0.5, 0.6) is 0 Å². The van der Waals surface area contributed by atoms with Gasteiger partial charge in [-0.1, -0.05) is 55.5 Å². The van der Waals surface area contributed by atoms with E-state index in [0.717, 1.165) is 38.9 Å². The Hall–Kier alpha value is -0.795. The smallest absolute Gasteiger partial charge is 0.407 e. The second-order valence-corrected chi connectivity index (χ2v) is 5.59. The molecule has 0 fully saturated rings. The van der Waals surface area contributed by atoms with E-state index < -0.39 is 0 Å². The summed E-state index contributed by atoms with van der Waals surface area (Å²) in [4.78, 5) is 0. The van der Waals surface area contributed by atoms with Crippen molar-refractivity contribution in [3.05, 3.63) is 28.8 Å². The lowest BCUT2D eigenvalue weighted by molar-refractivity contribution is 0.202. The maximum atomic E-state index is 5.99. The van der Waals surface area contributed by atoms with Gasteiger partial charge in [0, 0.05) is 13.2 Å². The molecule has 2 nitrogen and oxygen atoms in total. The second kappa shape index (κ2) is 9.20. The number of hydrogen-bond acceptors (Lipinski definition) is 2. The SMILES string of the molecule is CCCCOB(OCCCC)c1c(C)cc(C)cc1C. The number of hydrogen-bond donors (Lipinski definition) is 0. The van der Waals surface area contributed by atoms with Crippen molar-refractivity contribution in [2.24, 2.45) is 0 Å². The highest BCUT2D eigenvalue weighted by Gasteiger charge is 2.25. The molecule has 1 aromatic carbocycles. The van der Waals surface area contributed by atoms with Gasteiger partial charge in [-0.2, -0.15) is 0 Å². The van der Waals surface area contributed by atoms with Gasteiger partial charge in [-0.25, -0.2) is 0 Å². The summed E-state index contributed by atoms with van der Waals surface area (Å²) in [5.41, 5.74) is 5.04. The summed E-state index contributed by atoms with van der Waals surface area (Å²) in [5.74, 6) is 0. The van der Waals surface area contributed by atoms with Crippen LogP contribution >= 0.6 is 0 Å². The Kier molecular flexibility index (Phi) is 7.94. The lowest BCUT2D eigenvalue weighted by atomic mass is 9.72. The van der Waals surface area contributed by atoms with Gasteiger partial charge in [-0.3, -0.25) is 0 Å². The maximum Gasteiger partial charge on any atom is 0.494 e. The summed E-state index contributed by atoms with van der Waals surface area (Å²) in [6, 6.07) is 4.42. The van der Waals surface area contributed by atoms with E-state index in [4.69, 9.17) is 9.31 Å². The normalized spacial score (nSPS) is 10.8. The average molecular weight is 276 g/mol. The fourth-order valence-electron chi connectivity index (χ4n) is 2.45. The van der Waals surface area contributed by atoms with Gasteiger partial charge in [0.05, 0.1) is 0 Å². The molecule has 0 N–H and O–H groups in total. The molecular formula is C17H29BO2. The van der Waals surface area contributed by atoms with E-state index in [2.05, 4.69) is 46.8 Å². The molecule has 3 heteroatoms. The van der Waals surface area contributed by atoms with Crippen LogP contribution in [0.25, 0.3) is 0 Å². The summed E-state index contributed by atoms with van der Waals surface area (Å²) < 4.78 is 12.0. The molecule has 0 saturated carbocycles. The topological polar surface area (TPSA) is 18.5 Å². The third-order valence-electron chi connectivity index (χ3n) is 3.51. The van der Waals surface area contributed by atoms with E-state index in [0.29, 0.717) is 0 Å². The summed E-state index contributed by atoms with van der Waals surface area (Å²) in [6.45, 7) is 12.3. The standard InChI is InChI=1S/C17H29BO2/c1-6-8-10-19-18(20-11-9-7-2)17-15(4)12-14(3)13-16(17)5/h12-13H,6-11H2,1-5H3. The average Bonchev–Trinajstić information content (AvgIpc) is 2.37. The van der Waals surface area contributed by atoms with E-state index >= 15 is 0 Å². The van der Waals surface area contributed by atoms with E-state index in [-0.39, 0.29) is 7.12 Å². The van der Waals surface area contributed by atoms with Crippen LogP contribution in [0.3, 0.4) is 0 Å². The fourth-order valence-corrected chi connectivity index (χ4v) is 2.45. The molecule has 0 atom stereocenters. The molecular weight excluding hydrogens is 247 g/mol. The van der Waals surface area contributed by atoms with Crippen molar-refractivity contribution in [3.8, 4) is 0 Å². The Labute approximate surface area is 125 Å². The van der Waals surface area contributed by atoms with Gasteiger partial charge in [0.25, 0.3) is 0 Å². The Morgan fingerprint density at radius 1 is 0.850 bits per heavy atom. The van der Waals surface area contributed by atoms with Gasteiger partial charge in [0.1, 0.15) is 0 Å². The van der Waals surface area contributed by atoms with E-state index in [1.54, 1.807) is 0 Å². The first-order valence-corrected chi connectivity index (χ1v) is 7.91. The Bertz CT molecular complexity index is 371. The predicted octanol–water partition coefficient (Wildman–Crippen LogP) is 3.94. The minimum atomic E-state index is -0.214. The highest BCUT2D eigenvalue weighted by molar-refractivity contribution is 6.62. The van der Waals surface area contributed by atoms with Crippen LogP contribution in [-0.4, -0.2) is 20.3 Å². The Morgan fingerprint density at radius 3 is 1.70 bits per heavy atom. The lowest BCUT2D eigenvalue weighted by Crippen LogP contribution is -2.41. The van der Waals surface area contributed by atoms with Crippen LogP contribution in [0.1, 0.15) is 56.2 Å². The Morgan fingerprint density at radius 2 is 1.30 bits per heavy atom. The van der Waals surface area contributed by atoms with Gasteiger partial charge in [0.2, 0.25) is 0 Å². The van der Waals surface area contributed by atoms with Crippen LogP contribution < -0.4 is 5.46 Å². The zero-order valence-electron chi connectivity index (χ0n) is 13.8. The van der Waals surface area contributed by atoms with Crippen LogP contribution in [0.4, 0.5) is 0 Å². The third kappa shape index (κ3) is 5.30. The minimum absolute atomic E-state index is 0.214. The van der Waals surface area contributed by atoms with E-state index in [1.165, 1.54) is 22.2 Å². The summed E-state index contributed by atoms with van der Waals surface area (Å²) >= 11 is 0. The molecule has 0 aromatic heterocycles. The summed E-state index contributed by atoms with van der Waals surface area (Å²) in [5, 5.41) is 0.